The molecule has 25 heavy (non-hydrogen) atoms. The Morgan fingerprint density at radius 3 is 2.68 bits per heavy atom. The average molecular weight is 359 g/mol. The number of hydrogen-bond donors (Lipinski definition) is 2. The third-order valence-electron chi connectivity index (χ3n) is 4.03. The summed E-state index contributed by atoms with van der Waals surface area (Å²) in [4.78, 5) is 24.0. The molecule has 0 saturated carbocycles. The molecule has 2 N–H and O–H groups in total. The number of fused-ring (bicyclic) bond motifs is 1. The summed E-state index contributed by atoms with van der Waals surface area (Å²) in [5.74, 6) is 1.15. The monoisotopic (exact) mass is 359 g/mol. The van der Waals surface area contributed by atoms with Gasteiger partial charge in [0, 0.05) is 11.8 Å². The first-order valence-electron chi connectivity index (χ1n) is 8.33. The summed E-state index contributed by atoms with van der Waals surface area (Å²) in [6.45, 7) is 1.75. The van der Waals surface area contributed by atoms with Crippen molar-refractivity contribution < 1.29 is 14.1 Å². The molecule has 3 rings (SSSR count). The first-order chi connectivity index (χ1) is 12.1. The van der Waals surface area contributed by atoms with Crippen LogP contribution in [0.3, 0.4) is 0 Å². The molecule has 0 aliphatic heterocycles. The number of benzene rings is 1. The van der Waals surface area contributed by atoms with E-state index in [2.05, 4.69) is 21.9 Å². The van der Waals surface area contributed by atoms with Crippen molar-refractivity contribution in [2.75, 3.05) is 22.1 Å². The molecule has 0 fully saturated rings. The number of aromatic nitrogens is 1. The molecule has 2 amide bonds. The van der Waals surface area contributed by atoms with Crippen molar-refractivity contribution in [1.82, 2.24) is 5.16 Å². The number of carbonyl (C=O) groups excluding carboxylic acids is 2. The molecule has 1 aromatic carbocycles. The van der Waals surface area contributed by atoms with Gasteiger partial charge in [0.1, 0.15) is 5.76 Å². The van der Waals surface area contributed by atoms with E-state index >= 15 is 0 Å². The highest BCUT2D eigenvalue weighted by molar-refractivity contribution is 8.00. The second kappa shape index (κ2) is 8.20. The molecule has 132 valence electrons. The van der Waals surface area contributed by atoms with Gasteiger partial charge in [0.15, 0.2) is 5.82 Å². The Morgan fingerprint density at radius 1 is 1.16 bits per heavy atom. The van der Waals surface area contributed by atoms with Crippen molar-refractivity contribution in [2.24, 2.45) is 0 Å². The summed E-state index contributed by atoms with van der Waals surface area (Å²) in [7, 11) is 0. The van der Waals surface area contributed by atoms with E-state index in [1.165, 1.54) is 29.3 Å². The molecular formula is C18H21N3O3S. The molecular weight excluding hydrogens is 338 g/mol. The van der Waals surface area contributed by atoms with E-state index in [0.29, 0.717) is 11.6 Å². The van der Waals surface area contributed by atoms with Gasteiger partial charge in [-0.1, -0.05) is 17.3 Å². The maximum absolute atomic E-state index is 12.2. The second-order valence-corrected chi connectivity index (χ2v) is 7.05. The Hall–Kier alpha value is -2.28. The highest BCUT2D eigenvalue weighted by atomic mass is 32.2. The summed E-state index contributed by atoms with van der Waals surface area (Å²) >= 11 is 1.27. The maximum atomic E-state index is 12.2. The van der Waals surface area contributed by atoms with Crippen LogP contribution < -0.4 is 10.6 Å². The number of carbonyl (C=O) groups is 2. The highest BCUT2D eigenvalue weighted by Crippen LogP contribution is 2.27. The lowest BCUT2D eigenvalue weighted by molar-refractivity contribution is -0.114. The smallest absolute Gasteiger partial charge is 0.235 e. The molecule has 0 saturated heterocycles. The van der Waals surface area contributed by atoms with Gasteiger partial charge in [0.25, 0.3) is 0 Å². The van der Waals surface area contributed by atoms with Gasteiger partial charge in [-0.05, 0) is 49.8 Å². The third kappa shape index (κ3) is 4.85. The summed E-state index contributed by atoms with van der Waals surface area (Å²) < 4.78 is 4.88. The zero-order chi connectivity index (χ0) is 17.6. The zero-order valence-electron chi connectivity index (χ0n) is 14.1. The summed E-state index contributed by atoms with van der Waals surface area (Å²) in [6, 6.07) is 7.72. The van der Waals surface area contributed by atoms with E-state index in [9.17, 15) is 9.59 Å². The maximum Gasteiger partial charge on any atom is 0.235 e. The van der Waals surface area contributed by atoms with Crippen LogP contribution in [0.1, 0.15) is 29.7 Å². The van der Waals surface area contributed by atoms with Crippen molar-refractivity contribution in [1.29, 1.82) is 0 Å². The summed E-state index contributed by atoms with van der Waals surface area (Å²) in [5, 5.41) is 9.31. The predicted octanol–water partition coefficient (Wildman–Crippen LogP) is 3.17. The van der Waals surface area contributed by atoms with Gasteiger partial charge in [-0.15, -0.1) is 11.8 Å². The minimum absolute atomic E-state index is 0.0888. The number of rotatable bonds is 6. The first kappa shape index (κ1) is 17.5. The molecule has 2 aromatic rings. The predicted molar refractivity (Wildman–Crippen MR) is 98.9 cm³/mol. The largest absolute Gasteiger partial charge is 0.360 e. The molecule has 1 aliphatic rings. The Morgan fingerprint density at radius 2 is 1.92 bits per heavy atom. The zero-order valence-corrected chi connectivity index (χ0v) is 14.9. The number of hydrogen-bond acceptors (Lipinski definition) is 5. The molecule has 0 atom stereocenters. The molecule has 0 spiro atoms. The lowest BCUT2D eigenvalue weighted by Gasteiger charge is -2.19. The number of amides is 2. The van der Waals surface area contributed by atoms with Crippen molar-refractivity contribution in [3.8, 4) is 0 Å². The van der Waals surface area contributed by atoms with Crippen LogP contribution in [-0.2, 0) is 22.4 Å². The quantitative estimate of drug-likeness (QED) is 0.827. The van der Waals surface area contributed by atoms with E-state index < -0.39 is 0 Å². The van der Waals surface area contributed by atoms with Crippen LogP contribution in [0.2, 0.25) is 0 Å². The topological polar surface area (TPSA) is 84.2 Å². The summed E-state index contributed by atoms with van der Waals surface area (Å²) in [6.07, 6.45) is 4.46. The van der Waals surface area contributed by atoms with Crippen molar-refractivity contribution in [3.63, 3.8) is 0 Å². The number of nitrogens with one attached hydrogen (secondary N) is 2. The molecule has 7 heteroatoms. The Kier molecular flexibility index (Phi) is 5.75. The third-order valence-corrected chi connectivity index (χ3v) is 4.96. The SMILES string of the molecule is Cc1cc(NC(=O)CSCC(=O)Nc2cccc3c2CCCC3)no1. The van der Waals surface area contributed by atoms with Crippen LogP contribution in [0.25, 0.3) is 0 Å². The van der Waals surface area contributed by atoms with E-state index in [1.807, 2.05) is 12.1 Å². The van der Waals surface area contributed by atoms with Gasteiger partial charge in [-0.25, -0.2) is 0 Å². The molecule has 1 aromatic heterocycles. The average Bonchev–Trinajstić information content (AvgIpc) is 3.00. The highest BCUT2D eigenvalue weighted by Gasteiger charge is 2.15. The molecule has 6 nitrogen and oxygen atoms in total. The Bertz CT molecular complexity index is 773. The first-order valence-corrected chi connectivity index (χ1v) is 9.49. The van der Waals surface area contributed by atoms with E-state index in [4.69, 9.17) is 4.52 Å². The van der Waals surface area contributed by atoms with Gasteiger partial charge in [0.2, 0.25) is 11.8 Å². The fourth-order valence-electron chi connectivity index (χ4n) is 2.93. The van der Waals surface area contributed by atoms with Crippen LogP contribution in [0.15, 0.2) is 28.8 Å². The lowest BCUT2D eigenvalue weighted by atomic mass is 9.90. The van der Waals surface area contributed by atoms with Gasteiger partial charge >= 0.3 is 0 Å². The fourth-order valence-corrected chi connectivity index (χ4v) is 3.54. The van der Waals surface area contributed by atoms with Gasteiger partial charge in [-0.3, -0.25) is 9.59 Å². The van der Waals surface area contributed by atoms with E-state index in [1.54, 1.807) is 13.0 Å². The molecule has 0 unspecified atom stereocenters. The normalized spacial score (nSPS) is 13.2. The molecule has 0 bridgehead atoms. The van der Waals surface area contributed by atoms with Crippen molar-refractivity contribution >= 4 is 35.1 Å². The minimum Gasteiger partial charge on any atom is -0.360 e. The van der Waals surface area contributed by atoms with Crippen LogP contribution in [0, 0.1) is 6.92 Å². The number of aryl methyl sites for hydroxylation is 2. The summed E-state index contributed by atoms with van der Waals surface area (Å²) in [5.41, 5.74) is 3.50. The Balaban J connectivity index is 1.45. The van der Waals surface area contributed by atoms with Crippen LogP contribution in [0.5, 0.6) is 0 Å². The number of anilines is 2. The minimum atomic E-state index is -0.205. The number of thioether (sulfide) groups is 1. The molecule has 0 radical (unpaired) electrons. The van der Waals surface area contributed by atoms with E-state index in [-0.39, 0.29) is 23.3 Å². The lowest BCUT2D eigenvalue weighted by Crippen LogP contribution is -2.19. The Labute approximate surface area is 150 Å². The van der Waals surface area contributed by atoms with E-state index in [0.717, 1.165) is 24.9 Å². The standard InChI is InChI=1S/C18H21N3O3S/c1-12-9-16(21-24-12)20-18(23)11-25-10-17(22)19-15-8-4-6-13-5-2-3-7-14(13)15/h4,6,8-9H,2-3,5,7,10-11H2,1H3,(H,19,22)(H,20,21,23). The second-order valence-electron chi connectivity index (χ2n) is 6.06. The van der Waals surface area contributed by atoms with Crippen LogP contribution in [-0.4, -0.2) is 28.5 Å². The fraction of sp³-hybridized carbons (Fsp3) is 0.389. The molecule has 1 heterocycles. The van der Waals surface area contributed by atoms with Gasteiger partial charge < -0.3 is 15.2 Å². The molecule has 1 aliphatic carbocycles. The van der Waals surface area contributed by atoms with Crippen molar-refractivity contribution in [3.05, 3.63) is 41.2 Å². The van der Waals surface area contributed by atoms with Crippen LogP contribution in [0.4, 0.5) is 11.5 Å². The van der Waals surface area contributed by atoms with Gasteiger partial charge in [-0.2, -0.15) is 0 Å². The van der Waals surface area contributed by atoms with Crippen LogP contribution >= 0.6 is 11.8 Å². The van der Waals surface area contributed by atoms with Gasteiger partial charge in [0.05, 0.1) is 11.5 Å². The van der Waals surface area contributed by atoms with Crippen molar-refractivity contribution in [2.45, 2.75) is 32.6 Å². The number of nitrogens with zero attached hydrogens (tertiary/aromatic N) is 1.